The standard InChI is InChI=1S/C12H12BrNO/c1-4-8-6-9(7-14)12(15-3)11(13)10(8)5-2/h4,6H,1,5H2,2-3H3. The molecule has 0 radical (unpaired) electrons. The number of nitriles is 1. The molecule has 3 heteroatoms. The summed E-state index contributed by atoms with van der Waals surface area (Å²) in [6.07, 6.45) is 2.62. The SMILES string of the molecule is C=Cc1cc(C#N)c(OC)c(Br)c1CC. The van der Waals surface area contributed by atoms with Gasteiger partial charge in [-0.05, 0) is 39.5 Å². The van der Waals surface area contributed by atoms with Gasteiger partial charge in [-0.3, -0.25) is 0 Å². The molecule has 0 fully saturated rings. The highest BCUT2D eigenvalue weighted by Gasteiger charge is 2.14. The summed E-state index contributed by atoms with van der Waals surface area (Å²) in [5, 5.41) is 8.97. The normalized spacial score (nSPS) is 9.47. The molecule has 1 aromatic carbocycles. The minimum atomic E-state index is 0.525. The Morgan fingerprint density at radius 2 is 2.33 bits per heavy atom. The van der Waals surface area contributed by atoms with Crippen molar-refractivity contribution >= 4 is 22.0 Å². The van der Waals surface area contributed by atoms with Gasteiger partial charge in [-0.2, -0.15) is 5.26 Å². The quantitative estimate of drug-likeness (QED) is 0.838. The van der Waals surface area contributed by atoms with Gasteiger partial charge in [-0.25, -0.2) is 0 Å². The molecule has 2 nitrogen and oxygen atoms in total. The molecule has 0 aromatic heterocycles. The Morgan fingerprint density at radius 3 is 2.73 bits per heavy atom. The first-order valence-corrected chi connectivity index (χ1v) is 5.40. The first-order chi connectivity index (χ1) is 7.19. The van der Waals surface area contributed by atoms with Crippen LogP contribution in [0.25, 0.3) is 6.08 Å². The Kier molecular flexibility index (Phi) is 3.93. The van der Waals surface area contributed by atoms with Crippen LogP contribution in [0.5, 0.6) is 5.75 Å². The van der Waals surface area contributed by atoms with Gasteiger partial charge >= 0.3 is 0 Å². The summed E-state index contributed by atoms with van der Waals surface area (Å²) in [5.74, 6) is 0.597. The van der Waals surface area contributed by atoms with E-state index in [2.05, 4.69) is 35.5 Å². The Bertz CT molecular complexity index is 432. The van der Waals surface area contributed by atoms with Gasteiger partial charge in [0.15, 0.2) is 5.75 Å². The van der Waals surface area contributed by atoms with Crippen LogP contribution in [-0.2, 0) is 6.42 Å². The smallest absolute Gasteiger partial charge is 0.151 e. The molecule has 78 valence electrons. The maximum Gasteiger partial charge on any atom is 0.151 e. The summed E-state index contributed by atoms with van der Waals surface area (Å²) in [5.41, 5.74) is 2.61. The molecule has 0 heterocycles. The second-order valence-corrected chi connectivity index (χ2v) is 3.80. The highest BCUT2D eigenvalue weighted by Crippen LogP contribution is 2.35. The summed E-state index contributed by atoms with van der Waals surface area (Å²) >= 11 is 3.46. The van der Waals surface area contributed by atoms with Crippen molar-refractivity contribution in [2.24, 2.45) is 0 Å². The van der Waals surface area contributed by atoms with E-state index in [4.69, 9.17) is 10.00 Å². The van der Waals surface area contributed by atoms with Crippen molar-refractivity contribution < 1.29 is 4.74 Å². The molecule has 0 saturated carbocycles. The fourth-order valence-corrected chi connectivity index (χ4v) is 2.40. The number of methoxy groups -OCH3 is 1. The van der Waals surface area contributed by atoms with E-state index >= 15 is 0 Å². The summed E-state index contributed by atoms with van der Waals surface area (Å²) in [6, 6.07) is 3.91. The van der Waals surface area contributed by atoms with E-state index in [-0.39, 0.29) is 0 Å². The van der Waals surface area contributed by atoms with Crippen molar-refractivity contribution in [3.05, 3.63) is 33.8 Å². The third-order valence-electron chi connectivity index (χ3n) is 2.26. The van der Waals surface area contributed by atoms with E-state index in [1.807, 2.05) is 0 Å². The zero-order valence-corrected chi connectivity index (χ0v) is 10.4. The monoisotopic (exact) mass is 265 g/mol. The maximum atomic E-state index is 8.97. The molecule has 0 spiro atoms. The molecular formula is C12H12BrNO. The van der Waals surface area contributed by atoms with Gasteiger partial charge in [0.05, 0.1) is 17.1 Å². The van der Waals surface area contributed by atoms with E-state index < -0.39 is 0 Å². The number of ether oxygens (including phenoxy) is 1. The molecule has 0 aliphatic heterocycles. The molecule has 1 aromatic rings. The minimum absolute atomic E-state index is 0.525. The van der Waals surface area contributed by atoms with Crippen molar-refractivity contribution in [3.8, 4) is 11.8 Å². The summed E-state index contributed by atoms with van der Waals surface area (Å²) < 4.78 is 6.05. The molecule has 0 aliphatic carbocycles. The molecule has 0 saturated heterocycles. The van der Waals surface area contributed by atoms with E-state index in [9.17, 15) is 0 Å². The Morgan fingerprint density at radius 1 is 1.67 bits per heavy atom. The minimum Gasteiger partial charge on any atom is -0.494 e. The molecule has 0 atom stereocenters. The number of benzene rings is 1. The van der Waals surface area contributed by atoms with E-state index in [1.54, 1.807) is 19.3 Å². The van der Waals surface area contributed by atoms with Crippen LogP contribution in [-0.4, -0.2) is 7.11 Å². The highest BCUT2D eigenvalue weighted by atomic mass is 79.9. The maximum absolute atomic E-state index is 8.97. The number of hydrogen-bond donors (Lipinski definition) is 0. The zero-order valence-electron chi connectivity index (χ0n) is 8.80. The zero-order chi connectivity index (χ0) is 11.4. The van der Waals surface area contributed by atoms with E-state index in [0.717, 1.165) is 22.0 Å². The third kappa shape index (κ3) is 2.05. The highest BCUT2D eigenvalue weighted by molar-refractivity contribution is 9.10. The first-order valence-electron chi connectivity index (χ1n) is 4.61. The van der Waals surface area contributed by atoms with Crippen LogP contribution in [0.4, 0.5) is 0 Å². The van der Waals surface area contributed by atoms with Gasteiger partial charge in [0.1, 0.15) is 6.07 Å². The predicted octanol–water partition coefficient (Wildman–Crippen LogP) is 3.53. The van der Waals surface area contributed by atoms with Crippen molar-refractivity contribution in [1.82, 2.24) is 0 Å². The van der Waals surface area contributed by atoms with Crippen LogP contribution >= 0.6 is 15.9 Å². The summed E-state index contributed by atoms with van der Waals surface area (Å²) in [6.45, 7) is 5.79. The molecule has 0 N–H and O–H groups in total. The van der Waals surface area contributed by atoms with Gasteiger partial charge in [0, 0.05) is 0 Å². The average molecular weight is 266 g/mol. The Balaban J connectivity index is 3.57. The van der Waals surface area contributed by atoms with Gasteiger partial charge in [0.2, 0.25) is 0 Å². The second kappa shape index (κ2) is 4.99. The fraction of sp³-hybridized carbons (Fsp3) is 0.250. The summed E-state index contributed by atoms with van der Waals surface area (Å²) in [4.78, 5) is 0. The van der Waals surface area contributed by atoms with Crippen LogP contribution in [0, 0.1) is 11.3 Å². The third-order valence-corrected chi connectivity index (χ3v) is 3.09. The molecular weight excluding hydrogens is 254 g/mol. The van der Waals surface area contributed by atoms with Crippen molar-refractivity contribution in [2.75, 3.05) is 7.11 Å². The lowest BCUT2D eigenvalue weighted by atomic mass is 10.0. The first kappa shape index (κ1) is 11.8. The summed E-state index contributed by atoms with van der Waals surface area (Å²) in [7, 11) is 1.56. The predicted molar refractivity (Wildman–Crippen MR) is 64.9 cm³/mol. The topological polar surface area (TPSA) is 33.0 Å². The lowest BCUT2D eigenvalue weighted by molar-refractivity contribution is 0.410. The molecule has 0 unspecified atom stereocenters. The van der Waals surface area contributed by atoms with Crippen molar-refractivity contribution in [2.45, 2.75) is 13.3 Å². The van der Waals surface area contributed by atoms with Gasteiger partial charge in [0.25, 0.3) is 0 Å². The van der Waals surface area contributed by atoms with Gasteiger partial charge in [-0.1, -0.05) is 19.6 Å². The van der Waals surface area contributed by atoms with Crippen molar-refractivity contribution in [3.63, 3.8) is 0 Å². The van der Waals surface area contributed by atoms with Crippen LogP contribution in [0.2, 0.25) is 0 Å². The molecule has 15 heavy (non-hydrogen) atoms. The number of hydrogen-bond acceptors (Lipinski definition) is 2. The number of halogens is 1. The van der Waals surface area contributed by atoms with E-state index in [0.29, 0.717) is 11.3 Å². The van der Waals surface area contributed by atoms with E-state index in [1.165, 1.54) is 0 Å². The van der Waals surface area contributed by atoms with Gasteiger partial charge < -0.3 is 4.74 Å². The lowest BCUT2D eigenvalue weighted by Crippen LogP contribution is -1.96. The largest absolute Gasteiger partial charge is 0.494 e. The Hall–Kier alpha value is -1.27. The van der Waals surface area contributed by atoms with Gasteiger partial charge in [-0.15, -0.1) is 0 Å². The number of rotatable bonds is 3. The number of nitrogens with zero attached hydrogens (tertiary/aromatic N) is 1. The molecule has 1 rings (SSSR count). The molecule has 0 amide bonds. The van der Waals surface area contributed by atoms with Crippen LogP contribution in [0.15, 0.2) is 17.1 Å². The average Bonchev–Trinajstić information content (AvgIpc) is 2.27. The second-order valence-electron chi connectivity index (χ2n) is 3.01. The van der Waals surface area contributed by atoms with Crippen LogP contribution < -0.4 is 4.74 Å². The van der Waals surface area contributed by atoms with Crippen LogP contribution in [0.1, 0.15) is 23.6 Å². The molecule has 0 aliphatic rings. The fourth-order valence-electron chi connectivity index (χ4n) is 1.51. The molecule has 0 bridgehead atoms. The lowest BCUT2D eigenvalue weighted by Gasteiger charge is -2.12. The Labute approximate surface area is 98.3 Å². The van der Waals surface area contributed by atoms with Crippen LogP contribution in [0.3, 0.4) is 0 Å². The van der Waals surface area contributed by atoms with Crippen molar-refractivity contribution in [1.29, 1.82) is 5.26 Å².